The zero-order valence-electron chi connectivity index (χ0n) is 13.6. The van der Waals surface area contributed by atoms with Crippen LogP contribution in [0.3, 0.4) is 0 Å². The average molecular weight is 355 g/mol. The molecule has 1 fully saturated rings. The minimum atomic E-state index is -1.08. The van der Waals surface area contributed by atoms with Crippen LogP contribution in [-0.4, -0.2) is 48.3 Å². The van der Waals surface area contributed by atoms with Gasteiger partial charge in [-0.1, -0.05) is 17.7 Å². The summed E-state index contributed by atoms with van der Waals surface area (Å²) in [6, 6.07) is 4.27. The Bertz CT molecular complexity index is 588. The molecule has 2 aliphatic heterocycles. The van der Waals surface area contributed by atoms with E-state index in [2.05, 4.69) is 22.3 Å². The van der Waals surface area contributed by atoms with Gasteiger partial charge in [0.25, 0.3) is 0 Å². The molecular weight excluding hydrogens is 332 g/mol. The average Bonchev–Trinajstić information content (AvgIpc) is 2.72. The number of anilines is 1. The maximum Gasteiger partial charge on any atom is 0.303 e. The molecule has 7 heteroatoms. The third kappa shape index (κ3) is 5.11. The minimum Gasteiger partial charge on any atom is -0.481 e. The maximum atomic E-state index is 9.64. The number of halogens is 1. The van der Waals surface area contributed by atoms with E-state index < -0.39 is 11.9 Å². The fraction of sp³-hybridized carbons (Fsp3) is 0.529. The molecule has 0 atom stereocenters. The van der Waals surface area contributed by atoms with Crippen LogP contribution >= 0.6 is 11.6 Å². The van der Waals surface area contributed by atoms with E-state index in [0.29, 0.717) is 0 Å². The Morgan fingerprint density at radius 1 is 1.08 bits per heavy atom. The standard InChI is InChI=1S/C13H17ClN2.C4H6O4/c14-12-3-2-10-4-6-15-7-5-11(10)13(12)16-8-1-9-16;5-3(6)1-2-4(7)8/h2-3,15H,1,4-9H2;1-2H2,(H,5,6)(H,7,8). The maximum absolute atomic E-state index is 9.64. The van der Waals surface area contributed by atoms with Gasteiger partial charge >= 0.3 is 11.9 Å². The molecule has 0 aromatic heterocycles. The number of hydrogen-bond donors (Lipinski definition) is 3. The normalized spacial score (nSPS) is 16.1. The monoisotopic (exact) mass is 354 g/mol. The second kappa shape index (κ2) is 8.89. The number of benzene rings is 1. The number of carboxylic acid groups (broad SMARTS) is 2. The predicted molar refractivity (Wildman–Crippen MR) is 93.1 cm³/mol. The number of fused-ring (bicyclic) bond motifs is 1. The molecule has 2 heterocycles. The van der Waals surface area contributed by atoms with Gasteiger partial charge in [-0.3, -0.25) is 9.59 Å². The van der Waals surface area contributed by atoms with E-state index in [1.54, 1.807) is 0 Å². The number of carbonyl (C=O) groups is 2. The van der Waals surface area contributed by atoms with Gasteiger partial charge in [0.1, 0.15) is 0 Å². The van der Waals surface area contributed by atoms with Crippen molar-refractivity contribution in [1.29, 1.82) is 0 Å². The SMILES string of the molecule is Clc1ccc2c(c1N1CCC1)CCNCC2.O=C(O)CCC(=O)O. The Labute approximate surface area is 146 Å². The minimum absolute atomic E-state index is 0.296. The number of carboxylic acids is 2. The largest absolute Gasteiger partial charge is 0.481 e. The zero-order chi connectivity index (χ0) is 17.5. The summed E-state index contributed by atoms with van der Waals surface area (Å²) in [5, 5.41) is 20.2. The smallest absolute Gasteiger partial charge is 0.303 e. The molecule has 0 amide bonds. The number of nitrogens with zero attached hydrogens (tertiary/aromatic N) is 1. The van der Waals surface area contributed by atoms with Crippen molar-refractivity contribution in [2.45, 2.75) is 32.1 Å². The third-order valence-electron chi connectivity index (χ3n) is 4.18. The lowest BCUT2D eigenvalue weighted by molar-refractivity contribution is -0.143. The van der Waals surface area contributed by atoms with Gasteiger partial charge in [0.15, 0.2) is 0 Å². The summed E-state index contributed by atoms with van der Waals surface area (Å²) < 4.78 is 0. The topological polar surface area (TPSA) is 89.9 Å². The summed E-state index contributed by atoms with van der Waals surface area (Å²) in [5.74, 6) is -2.15. The van der Waals surface area contributed by atoms with Crippen molar-refractivity contribution in [3.8, 4) is 0 Å². The lowest BCUT2D eigenvalue weighted by Crippen LogP contribution is -2.38. The second-order valence-corrected chi connectivity index (χ2v) is 6.32. The van der Waals surface area contributed by atoms with Crippen LogP contribution in [0.1, 0.15) is 30.4 Å². The van der Waals surface area contributed by atoms with Crippen LogP contribution in [0.5, 0.6) is 0 Å². The molecule has 3 rings (SSSR count). The van der Waals surface area contributed by atoms with Crippen LogP contribution in [0, 0.1) is 0 Å². The Morgan fingerprint density at radius 3 is 2.25 bits per heavy atom. The first kappa shape index (κ1) is 18.5. The van der Waals surface area contributed by atoms with E-state index in [9.17, 15) is 9.59 Å². The third-order valence-corrected chi connectivity index (χ3v) is 4.48. The van der Waals surface area contributed by atoms with E-state index in [-0.39, 0.29) is 12.8 Å². The van der Waals surface area contributed by atoms with Gasteiger partial charge in [-0.2, -0.15) is 0 Å². The van der Waals surface area contributed by atoms with E-state index in [1.807, 2.05) is 0 Å². The zero-order valence-corrected chi connectivity index (χ0v) is 14.3. The number of nitrogens with one attached hydrogen (secondary N) is 1. The lowest BCUT2D eigenvalue weighted by atomic mass is 9.98. The Balaban J connectivity index is 0.000000224. The molecule has 132 valence electrons. The summed E-state index contributed by atoms with van der Waals surface area (Å²) in [7, 11) is 0. The number of rotatable bonds is 4. The molecule has 0 unspecified atom stereocenters. The molecule has 1 aromatic rings. The molecule has 2 aliphatic rings. The molecule has 1 saturated heterocycles. The van der Waals surface area contributed by atoms with Crippen molar-refractivity contribution in [3.05, 3.63) is 28.3 Å². The van der Waals surface area contributed by atoms with Crippen LogP contribution in [0.2, 0.25) is 5.02 Å². The van der Waals surface area contributed by atoms with Crippen molar-refractivity contribution < 1.29 is 19.8 Å². The van der Waals surface area contributed by atoms with Gasteiger partial charge < -0.3 is 20.4 Å². The Hall–Kier alpha value is -1.79. The quantitative estimate of drug-likeness (QED) is 0.767. The van der Waals surface area contributed by atoms with Gasteiger partial charge in [0.2, 0.25) is 0 Å². The molecule has 0 spiro atoms. The second-order valence-electron chi connectivity index (χ2n) is 5.91. The highest BCUT2D eigenvalue weighted by Crippen LogP contribution is 2.36. The molecule has 24 heavy (non-hydrogen) atoms. The summed E-state index contributed by atoms with van der Waals surface area (Å²) in [6.45, 7) is 4.51. The van der Waals surface area contributed by atoms with Gasteiger partial charge in [0.05, 0.1) is 23.6 Å². The Morgan fingerprint density at radius 2 is 1.71 bits per heavy atom. The van der Waals surface area contributed by atoms with Gasteiger partial charge in [-0.15, -0.1) is 0 Å². The predicted octanol–water partition coefficient (Wildman–Crippen LogP) is 2.17. The fourth-order valence-electron chi connectivity index (χ4n) is 2.82. The van der Waals surface area contributed by atoms with Crippen LogP contribution in [0.15, 0.2) is 12.1 Å². The lowest BCUT2D eigenvalue weighted by Gasteiger charge is -2.36. The molecular formula is C17H23ClN2O4. The van der Waals surface area contributed by atoms with Crippen molar-refractivity contribution >= 4 is 29.2 Å². The molecule has 1 aromatic carbocycles. The highest BCUT2D eigenvalue weighted by molar-refractivity contribution is 6.33. The molecule has 6 nitrogen and oxygen atoms in total. The van der Waals surface area contributed by atoms with Crippen LogP contribution in [0.4, 0.5) is 5.69 Å². The van der Waals surface area contributed by atoms with Crippen molar-refractivity contribution in [3.63, 3.8) is 0 Å². The molecule has 0 saturated carbocycles. The van der Waals surface area contributed by atoms with Crippen LogP contribution < -0.4 is 10.2 Å². The summed E-state index contributed by atoms with van der Waals surface area (Å²) in [6.07, 6.45) is 2.96. The summed E-state index contributed by atoms with van der Waals surface area (Å²) >= 11 is 6.36. The first-order valence-corrected chi connectivity index (χ1v) is 8.56. The van der Waals surface area contributed by atoms with Gasteiger partial charge in [-0.25, -0.2) is 0 Å². The Kier molecular flexibility index (Phi) is 6.87. The molecule has 0 radical (unpaired) electrons. The molecule has 3 N–H and O–H groups in total. The summed E-state index contributed by atoms with van der Waals surface area (Å²) in [5.41, 5.74) is 4.28. The number of aliphatic carboxylic acids is 2. The number of hydrogen-bond acceptors (Lipinski definition) is 4. The highest BCUT2D eigenvalue weighted by atomic mass is 35.5. The van der Waals surface area contributed by atoms with Gasteiger partial charge in [0, 0.05) is 13.1 Å². The highest BCUT2D eigenvalue weighted by Gasteiger charge is 2.23. The van der Waals surface area contributed by atoms with Crippen molar-refractivity contribution in [1.82, 2.24) is 5.32 Å². The van der Waals surface area contributed by atoms with Crippen molar-refractivity contribution in [2.24, 2.45) is 0 Å². The summed E-state index contributed by atoms with van der Waals surface area (Å²) in [4.78, 5) is 21.7. The molecule has 0 bridgehead atoms. The van der Waals surface area contributed by atoms with E-state index in [0.717, 1.165) is 31.0 Å². The van der Waals surface area contributed by atoms with E-state index in [4.69, 9.17) is 21.8 Å². The molecule has 0 aliphatic carbocycles. The van der Waals surface area contributed by atoms with Crippen molar-refractivity contribution in [2.75, 3.05) is 31.1 Å². The fourth-order valence-corrected chi connectivity index (χ4v) is 3.12. The van der Waals surface area contributed by atoms with Crippen LogP contribution in [0.25, 0.3) is 0 Å². The first-order chi connectivity index (χ1) is 11.5. The van der Waals surface area contributed by atoms with Gasteiger partial charge in [-0.05, 0) is 49.5 Å². The van der Waals surface area contributed by atoms with E-state index >= 15 is 0 Å². The first-order valence-electron chi connectivity index (χ1n) is 8.18. The van der Waals surface area contributed by atoms with E-state index in [1.165, 1.54) is 36.3 Å². The van der Waals surface area contributed by atoms with Crippen LogP contribution in [-0.2, 0) is 22.4 Å².